The van der Waals surface area contributed by atoms with Gasteiger partial charge in [0.25, 0.3) is 0 Å². The molecule has 0 aliphatic carbocycles. The van der Waals surface area contributed by atoms with Gasteiger partial charge >= 0.3 is 0 Å². The van der Waals surface area contributed by atoms with Crippen LogP contribution in [0.15, 0.2) is 0 Å². The Labute approximate surface area is 123 Å². The highest BCUT2D eigenvalue weighted by Crippen LogP contribution is 2.17. The molecule has 5 heteroatoms. The zero-order valence-corrected chi connectivity index (χ0v) is 13.3. The van der Waals surface area contributed by atoms with E-state index in [0.717, 1.165) is 32.1 Å². The molecule has 0 rings (SSSR count). The van der Waals surface area contributed by atoms with Crippen molar-refractivity contribution in [2.24, 2.45) is 11.7 Å². The molecule has 0 radical (unpaired) electrons. The van der Waals surface area contributed by atoms with Gasteiger partial charge in [0.15, 0.2) is 0 Å². The van der Waals surface area contributed by atoms with Crippen LogP contribution in [0, 0.1) is 5.92 Å². The van der Waals surface area contributed by atoms with Crippen molar-refractivity contribution >= 4 is 11.8 Å². The molecule has 0 bridgehead atoms. The van der Waals surface area contributed by atoms with Crippen LogP contribution in [0.3, 0.4) is 0 Å². The summed E-state index contributed by atoms with van der Waals surface area (Å²) in [5, 5.41) is 2.77. The normalized spacial score (nSPS) is 12.0. The third-order valence-corrected chi connectivity index (χ3v) is 3.42. The number of likely N-dealkylation sites (N-methyl/N-ethyl adjacent to an activating group) is 1. The van der Waals surface area contributed by atoms with Crippen molar-refractivity contribution in [1.29, 1.82) is 0 Å². The van der Waals surface area contributed by atoms with Gasteiger partial charge < -0.3 is 16.0 Å². The van der Waals surface area contributed by atoms with Crippen LogP contribution in [0.5, 0.6) is 0 Å². The van der Waals surface area contributed by atoms with Gasteiger partial charge in [-0.3, -0.25) is 9.59 Å². The van der Waals surface area contributed by atoms with Crippen LogP contribution in [0.4, 0.5) is 0 Å². The second-order valence-corrected chi connectivity index (χ2v) is 5.37. The van der Waals surface area contributed by atoms with Crippen molar-refractivity contribution in [3.63, 3.8) is 0 Å². The molecule has 0 aromatic heterocycles. The lowest BCUT2D eigenvalue weighted by Gasteiger charge is -2.19. The summed E-state index contributed by atoms with van der Waals surface area (Å²) in [5.41, 5.74) is 5.59. The molecular formula is C15H31N3O2. The third-order valence-electron chi connectivity index (χ3n) is 3.42. The summed E-state index contributed by atoms with van der Waals surface area (Å²) in [5.74, 6) is 0.473. The molecule has 0 aromatic carbocycles. The minimum atomic E-state index is -0.0882. The van der Waals surface area contributed by atoms with Crippen LogP contribution in [0.25, 0.3) is 0 Å². The Bertz CT molecular complexity index is 276. The van der Waals surface area contributed by atoms with Gasteiger partial charge in [-0.1, -0.05) is 26.7 Å². The summed E-state index contributed by atoms with van der Waals surface area (Å²) in [7, 11) is 1.69. The van der Waals surface area contributed by atoms with Crippen LogP contribution in [-0.4, -0.2) is 43.4 Å². The number of carbonyl (C=O) groups is 2. The second kappa shape index (κ2) is 11.7. The maximum Gasteiger partial charge on any atom is 0.239 e. The molecule has 0 spiro atoms. The molecule has 2 amide bonds. The van der Waals surface area contributed by atoms with Gasteiger partial charge in [0.2, 0.25) is 11.8 Å². The SMILES string of the molecule is CCCNC(=O)CN(C)C(=O)CCC(CCC)CCN. The first kappa shape index (κ1) is 18.9. The molecule has 0 aliphatic rings. The molecule has 118 valence electrons. The first-order valence-electron chi connectivity index (χ1n) is 7.75. The minimum Gasteiger partial charge on any atom is -0.355 e. The lowest BCUT2D eigenvalue weighted by atomic mass is 9.94. The number of rotatable bonds is 11. The van der Waals surface area contributed by atoms with Gasteiger partial charge in [-0.25, -0.2) is 0 Å². The van der Waals surface area contributed by atoms with Gasteiger partial charge in [-0.2, -0.15) is 0 Å². The van der Waals surface area contributed by atoms with Crippen LogP contribution >= 0.6 is 0 Å². The number of hydrogen-bond donors (Lipinski definition) is 2. The number of amides is 2. The van der Waals surface area contributed by atoms with E-state index >= 15 is 0 Å². The molecule has 0 heterocycles. The minimum absolute atomic E-state index is 0.0368. The van der Waals surface area contributed by atoms with Crippen molar-refractivity contribution in [2.75, 3.05) is 26.7 Å². The number of nitrogens with zero attached hydrogens (tertiary/aromatic N) is 1. The lowest BCUT2D eigenvalue weighted by molar-refractivity contribution is -0.135. The predicted octanol–water partition coefficient (Wildman–Crippen LogP) is 1.52. The van der Waals surface area contributed by atoms with Crippen LogP contribution in [0.2, 0.25) is 0 Å². The Hall–Kier alpha value is -1.10. The molecule has 0 fully saturated rings. The first-order valence-corrected chi connectivity index (χ1v) is 7.75. The van der Waals surface area contributed by atoms with Crippen molar-refractivity contribution in [3.05, 3.63) is 0 Å². The fraction of sp³-hybridized carbons (Fsp3) is 0.867. The Kier molecular flexibility index (Phi) is 11.1. The Morgan fingerprint density at radius 3 is 2.40 bits per heavy atom. The highest BCUT2D eigenvalue weighted by molar-refractivity contribution is 5.84. The van der Waals surface area contributed by atoms with E-state index < -0.39 is 0 Å². The van der Waals surface area contributed by atoms with E-state index in [-0.39, 0.29) is 18.4 Å². The smallest absolute Gasteiger partial charge is 0.239 e. The van der Waals surface area contributed by atoms with Crippen molar-refractivity contribution in [3.8, 4) is 0 Å². The van der Waals surface area contributed by atoms with Gasteiger partial charge in [0.05, 0.1) is 6.54 Å². The summed E-state index contributed by atoms with van der Waals surface area (Å²) >= 11 is 0. The summed E-state index contributed by atoms with van der Waals surface area (Å²) in [6.45, 7) is 5.63. The van der Waals surface area contributed by atoms with E-state index in [0.29, 0.717) is 25.4 Å². The number of nitrogens with two attached hydrogens (primary N) is 1. The molecule has 1 atom stereocenters. The average Bonchev–Trinajstić information content (AvgIpc) is 2.42. The van der Waals surface area contributed by atoms with E-state index in [4.69, 9.17) is 5.73 Å². The molecule has 0 saturated heterocycles. The summed E-state index contributed by atoms with van der Waals surface area (Å²) in [6, 6.07) is 0. The fourth-order valence-electron chi connectivity index (χ4n) is 2.22. The Morgan fingerprint density at radius 1 is 1.15 bits per heavy atom. The third kappa shape index (κ3) is 8.91. The van der Waals surface area contributed by atoms with Crippen molar-refractivity contribution < 1.29 is 9.59 Å². The number of hydrogen-bond acceptors (Lipinski definition) is 3. The monoisotopic (exact) mass is 285 g/mol. The van der Waals surface area contributed by atoms with Crippen LogP contribution in [0.1, 0.15) is 52.4 Å². The molecule has 3 N–H and O–H groups in total. The van der Waals surface area contributed by atoms with E-state index in [1.807, 2.05) is 6.92 Å². The summed E-state index contributed by atoms with van der Waals surface area (Å²) in [4.78, 5) is 25.0. The van der Waals surface area contributed by atoms with E-state index in [1.54, 1.807) is 7.05 Å². The summed E-state index contributed by atoms with van der Waals surface area (Å²) < 4.78 is 0. The highest BCUT2D eigenvalue weighted by atomic mass is 16.2. The maximum atomic E-state index is 12.0. The zero-order chi connectivity index (χ0) is 15.4. The van der Waals surface area contributed by atoms with Gasteiger partial charge in [0, 0.05) is 20.0 Å². The standard InChI is InChI=1S/C15H31N3O2/c1-4-6-13(9-10-16)7-8-15(20)18(3)12-14(19)17-11-5-2/h13H,4-12,16H2,1-3H3,(H,17,19). The van der Waals surface area contributed by atoms with Crippen molar-refractivity contribution in [1.82, 2.24) is 10.2 Å². The fourth-order valence-corrected chi connectivity index (χ4v) is 2.22. The Morgan fingerprint density at radius 2 is 1.85 bits per heavy atom. The van der Waals surface area contributed by atoms with Crippen LogP contribution in [-0.2, 0) is 9.59 Å². The highest BCUT2D eigenvalue weighted by Gasteiger charge is 2.15. The molecule has 20 heavy (non-hydrogen) atoms. The molecule has 0 aromatic rings. The molecule has 0 saturated carbocycles. The number of carbonyl (C=O) groups excluding carboxylic acids is 2. The van der Waals surface area contributed by atoms with Crippen molar-refractivity contribution in [2.45, 2.75) is 52.4 Å². The quantitative estimate of drug-likeness (QED) is 0.604. The zero-order valence-electron chi connectivity index (χ0n) is 13.3. The Balaban J connectivity index is 4.02. The average molecular weight is 285 g/mol. The van der Waals surface area contributed by atoms with E-state index in [1.165, 1.54) is 4.90 Å². The van der Waals surface area contributed by atoms with E-state index in [9.17, 15) is 9.59 Å². The number of nitrogens with one attached hydrogen (secondary N) is 1. The topological polar surface area (TPSA) is 75.4 Å². The lowest BCUT2D eigenvalue weighted by Crippen LogP contribution is -2.38. The first-order chi connectivity index (χ1) is 9.54. The molecule has 0 aliphatic heterocycles. The van der Waals surface area contributed by atoms with Crippen LogP contribution < -0.4 is 11.1 Å². The molecule has 5 nitrogen and oxygen atoms in total. The largest absolute Gasteiger partial charge is 0.355 e. The van der Waals surface area contributed by atoms with Gasteiger partial charge in [0.1, 0.15) is 0 Å². The predicted molar refractivity (Wildman–Crippen MR) is 82.2 cm³/mol. The second-order valence-electron chi connectivity index (χ2n) is 5.37. The maximum absolute atomic E-state index is 12.0. The van der Waals surface area contributed by atoms with Gasteiger partial charge in [-0.15, -0.1) is 0 Å². The molecule has 1 unspecified atom stereocenters. The molecular weight excluding hydrogens is 254 g/mol. The van der Waals surface area contributed by atoms with Gasteiger partial charge in [-0.05, 0) is 31.7 Å². The van der Waals surface area contributed by atoms with E-state index in [2.05, 4.69) is 12.2 Å². The summed E-state index contributed by atoms with van der Waals surface area (Å²) in [6.07, 6.45) is 5.48.